The molecule has 0 fully saturated rings. The first-order chi connectivity index (χ1) is 9.63. The lowest BCUT2D eigenvalue weighted by molar-refractivity contribution is 0.174. The molecule has 0 aromatic heterocycles. The van der Waals surface area contributed by atoms with Gasteiger partial charge in [0.1, 0.15) is 4.99 Å². The Morgan fingerprint density at radius 1 is 1.10 bits per heavy atom. The molecule has 0 unspecified atom stereocenters. The summed E-state index contributed by atoms with van der Waals surface area (Å²) in [6.07, 6.45) is 0. The summed E-state index contributed by atoms with van der Waals surface area (Å²) in [5.74, 6) is 1.53. The maximum absolute atomic E-state index is 5.66. The fourth-order valence-corrected chi connectivity index (χ4v) is 2.39. The molecule has 20 heavy (non-hydrogen) atoms. The number of hydrogen-bond donors (Lipinski definition) is 2. The summed E-state index contributed by atoms with van der Waals surface area (Å²) in [6, 6.07) is 11.6. The van der Waals surface area contributed by atoms with E-state index in [2.05, 4.69) is 5.32 Å². The number of benzene rings is 2. The minimum absolute atomic E-state index is 0.278. The van der Waals surface area contributed by atoms with E-state index in [1.165, 1.54) is 0 Å². The van der Waals surface area contributed by atoms with Crippen molar-refractivity contribution in [1.82, 2.24) is 0 Å². The molecule has 0 bridgehead atoms. The van der Waals surface area contributed by atoms with E-state index in [1.54, 1.807) is 0 Å². The molecule has 3 rings (SSSR count). The number of aryl methyl sites for hydroxylation is 1. The number of ether oxygens (including phenoxy) is 2. The molecule has 0 aliphatic carbocycles. The highest BCUT2D eigenvalue weighted by Crippen LogP contribution is 2.35. The molecule has 3 N–H and O–H groups in total. The van der Waals surface area contributed by atoms with Crippen LogP contribution in [0.4, 0.5) is 11.4 Å². The van der Waals surface area contributed by atoms with Gasteiger partial charge in [0.2, 0.25) is 6.79 Å². The third-order valence-electron chi connectivity index (χ3n) is 3.15. The van der Waals surface area contributed by atoms with Gasteiger partial charge in [0, 0.05) is 23.0 Å². The zero-order valence-electron chi connectivity index (χ0n) is 11.0. The SMILES string of the molecule is Cc1cc(Nc2ccc3c(c2)OCO3)ccc1C(N)=S. The smallest absolute Gasteiger partial charge is 0.231 e. The topological polar surface area (TPSA) is 56.5 Å². The Labute approximate surface area is 122 Å². The number of fused-ring (bicyclic) bond motifs is 1. The Bertz CT molecular complexity index is 686. The van der Waals surface area contributed by atoms with Gasteiger partial charge in [0.05, 0.1) is 0 Å². The van der Waals surface area contributed by atoms with E-state index in [4.69, 9.17) is 27.4 Å². The first-order valence-electron chi connectivity index (χ1n) is 6.20. The number of thiocarbonyl (C=S) groups is 1. The number of rotatable bonds is 3. The van der Waals surface area contributed by atoms with Crippen molar-refractivity contribution in [2.75, 3.05) is 12.1 Å². The van der Waals surface area contributed by atoms with Crippen molar-refractivity contribution in [2.24, 2.45) is 5.73 Å². The second kappa shape index (κ2) is 5.02. The molecule has 1 aliphatic heterocycles. The minimum atomic E-state index is 0.278. The number of anilines is 2. The van der Waals surface area contributed by atoms with Crippen molar-refractivity contribution in [1.29, 1.82) is 0 Å². The highest BCUT2D eigenvalue weighted by atomic mass is 32.1. The Morgan fingerprint density at radius 3 is 2.55 bits per heavy atom. The fraction of sp³-hybridized carbons (Fsp3) is 0.133. The van der Waals surface area contributed by atoms with Crippen LogP contribution in [0.2, 0.25) is 0 Å². The summed E-state index contributed by atoms with van der Waals surface area (Å²) in [6.45, 7) is 2.26. The van der Waals surface area contributed by atoms with Gasteiger partial charge >= 0.3 is 0 Å². The molecule has 0 saturated carbocycles. The lowest BCUT2D eigenvalue weighted by Gasteiger charge is -2.10. The predicted octanol–water partition coefficient (Wildman–Crippen LogP) is 3.10. The molecule has 0 saturated heterocycles. The fourth-order valence-electron chi connectivity index (χ4n) is 2.16. The zero-order chi connectivity index (χ0) is 14.1. The Balaban J connectivity index is 1.84. The maximum atomic E-state index is 5.66. The molecule has 0 radical (unpaired) electrons. The summed E-state index contributed by atoms with van der Waals surface area (Å²) in [4.78, 5) is 0.414. The summed E-state index contributed by atoms with van der Waals surface area (Å²) in [5.41, 5.74) is 9.52. The average Bonchev–Trinajstić information content (AvgIpc) is 2.85. The largest absolute Gasteiger partial charge is 0.454 e. The lowest BCUT2D eigenvalue weighted by atomic mass is 10.1. The Hall–Kier alpha value is -2.27. The van der Waals surface area contributed by atoms with Crippen LogP contribution < -0.4 is 20.5 Å². The van der Waals surface area contributed by atoms with Crippen molar-refractivity contribution in [3.05, 3.63) is 47.5 Å². The molecule has 1 heterocycles. The predicted molar refractivity (Wildman–Crippen MR) is 82.9 cm³/mol. The average molecular weight is 286 g/mol. The summed E-state index contributed by atoms with van der Waals surface area (Å²) in [7, 11) is 0. The van der Waals surface area contributed by atoms with Crippen LogP contribution in [0, 0.1) is 6.92 Å². The van der Waals surface area contributed by atoms with Crippen LogP contribution in [-0.2, 0) is 0 Å². The summed E-state index contributed by atoms with van der Waals surface area (Å²) >= 11 is 5.00. The zero-order valence-corrected chi connectivity index (χ0v) is 11.8. The first-order valence-corrected chi connectivity index (χ1v) is 6.61. The normalized spacial score (nSPS) is 12.2. The van der Waals surface area contributed by atoms with Gasteiger partial charge in [-0.15, -0.1) is 0 Å². The van der Waals surface area contributed by atoms with E-state index >= 15 is 0 Å². The van der Waals surface area contributed by atoms with Crippen LogP contribution >= 0.6 is 12.2 Å². The van der Waals surface area contributed by atoms with Crippen LogP contribution in [0.1, 0.15) is 11.1 Å². The number of hydrogen-bond acceptors (Lipinski definition) is 4. The third-order valence-corrected chi connectivity index (χ3v) is 3.37. The van der Waals surface area contributed by atoms with Crippen LogP contribution in [0.5, 0.6) is 11.5 Å². The van der Waals surface area contributed by atoms with Gasteiger partial charge in [-0.05, 0) is 42.8 Å². The molecule has 0 atom stereocenters. The molecule has 2 aromatic carbocycles. The lowest BCUT2D eigenvalue weighted by Crippen LogP contribution is -2.11. The van der Waals surface area contributed by atoms with Crippen LogP contribution in [0.25, 0.3) is 0 Å². The Morgan fingerprint density at radius 2 is 1.80 bits per heavy atom. The van der Waals surface area contributed by atoms with Gasteiger partial charge in [-0.3, -0.25) is 0 Å². The van der Waals surface area contributed by atoms with Crippen molar-refractivity contribution in [3.63, 3.8) is 0 Å². The van der Waals surface area contributed by atoms with Crippen LogP contribution in [0.3, 0.4) is 0 Å². The quantitative estimate of drug-likeness (QED) is 0.849. The molecular formula is C15H14N2O2S. The second-order valence-electron chi connectivity index (χ2n) is 4.59. The Kier molecular flexibility index (Phi) is 3.20. The van der Waals surface area contributed by atoms with Crippen molar-refractivity contribution in [3.8, 4) is 11.5 Å². The van der Waals surface area contributed by atoms with E-state index in [9.17, 15) is 0 Å². The van der Waals surface area contributed by atoms with Crippen molar-refractivity contribution >= 4 is 28.6 Å². The highest BCUT2D eigenvalue weighted by Gasteiger charge is 2.13. The number of nitrogens with two attached hydrogens (primary N) is 1. The molecule has 4 nitrogen and oxygen atoms in total. The standard InChI is InChI=1S/C15H14N2O2S/c1-9-6-10(2-4-12(9)15(16)20)17-11-3-5-13-14(7-11)19-8-18-13/h2-7,17H,8H2,1H3,(H2,16,20). The van der Waals surface area contributed by atoms with Gasteiger partial charge in [0.15, 0.2) is 11.5 Å². The molecular weight excluding hydrogens is 272 g/mol. The van der Waals surface area contributed by atoms with Gasteiger partial charge in [0.25, 0.3) is 0 Å². The molecule has 2 aromatic rings. The number of nitrogens with one attached hydrogen (secondary N) is 1. The van der Waals surface area contributed by atoms with Gasteiger partial charge in [-0.1, -0.05) is 12.2 Å². The van der Waals surface area contributed by atoms with E-state index < -0.39 is 0 Å². The van der Waals surface area contributed by atoms with Gasteiger partial charge < -0.3 is 20.5 Å². The van der Waals surface area contributed by atoms with Crippen LogP contribution in [-0.4, -0.2) is 11.8 Å². The van der Waals surface area contributed by atoms with Crippen LogP contribution in [0.15, 0.2) is 36.4 Å². The summed E-state index contributed by atoms with van der Waals surface area (Å²) < 4.78 is 10.6. The van der Waals surface area contributed by atoms with E-state index in [0.29, 0.717) is 4.99 Å². The first kappa shape index (κ1) is 12.7. The second-order valence-corrected chi connectivity index (χ2v) is 5.03. The minimum Gasteiger partial charge on any atom is -0.454 e. The summed E-state index contributed by atoms with van der Waals surface area (Å²) in [5, 5.41) is 3.32. The van der Waals surface area contributed by atoms with E-state index in [1.807, 2.05) is 43.3 Å². The van der Waals surface area contributed by atoms with Crippen molar-refractivity contribution < 1.29 is 9.47 Å². The maximum Gasteiger partial charge on any atom is 0.231 e. The van der Waals surface area contributed by atoms with Gasteiger partial charge in [-0.2, -0.15) is 0 Å². The van der Waals surface area contributed by atoms with E-state index in [-0.39, 0.29) is 6.79 Å². The molecule has 102 valence electrons. The van der Waals surface area contributed by atoms with E-state index in [0.717, 1.165) is 34.0 Å². The van der Waals surface area contributed by atoms with Crippen molar-refractivity contribution in [2.45, 2.75) is 6.92 Å². The molecule has 0 spiro atoms. The monoisotopic (exact) mass is 286 g/mol. The molecule has 1 aliphatic rings. The van der Waals surface area contributed by atoms with Gasteiger partial charge in [-0.25, -0.2) is 0 Å². The third kappa shape index (κ3) is 2.40. The highest BCUT2D eigenvalue weighted by molar-refractivity contribution is 7.80. The molecule has 0 amide bonds. The molecule has 5 heteroatoms.